The summed E-state index contributed by atoms with van der Waals surface area (Å²) < 4.78 is 28.8. The summed E-state index contributed by atoms with van der Waals surface area (Å²) in [6.07, 6.45) is 5.63. The molecule has 2 aliphatic carbocycles. The van der Waals surface area contributed by atoms with Crippen LogP contribution in [0.3, 0.4) is 0 Å². The zero-order chi connectivity index (χ0) is 23.1. The number of aromatic nitrogens is 2. The largest absolute Gasteiger partial charge is 0.350 e. The van der Waals surface area contributed by atoms with Gasteiger partial charge in [0.2, 0.25) is 5.91 Å². The molecule has 3 atom stereocenters. The molecule has 0 spiro atoms. The van der Waals surface area contributed by atoms with Gasteiger partial charge in [0, 0.05) is 24.8 Å². The molecule has 33 heavy (non-hydrogen) atoms. The van der Waals surface area contributed by atoms with Crippen molar-refractivity contribution in [3.63, 3.8) is 0 Å². The number of carbonyl (C=O) groups excluding carboxylic acids is 1. The van der Waals surface area contributed by atoms with Crippen molar-refractivity contribution < 1.29 is 13.6 Å². The first-order valence-corrected chi connectivity index (χ1v) is 11.5. The topological polar surface area (TPSA) is 46.9 Å². The molecule has 1 heterocycles. The molecule has 0 radical (unpaired) electrons. The average Bonchev–Trinajstić information content (AvgIpc) is 3.39. The summed E-state index contributed by atoms with van der Waals surface area (Å²) in [7, 11) is 0. The fourth-order valence-electron chi connectivity index (χ4n) is 5.63. The zero-order valence-corrected chi connectivity index (χ0v) is 18.8. The predicted molar refractivity (Wildman–Crippen MR) is 123 cm³/mol. The SMILES string of the molecule is CC(=O)NC(C[C@H]1CCC2=C1[C@@H](C)c1cnn(-c3ccc(F)cc3)c1C2)c1ccc(F)cc1. The van der Waals surface area contributed by atoms with Gasteiger partial charge in [0.25, 0.3) is 0 Å². The monoisotopic (exact) mass is 447 g/mol. The van der Waals surface area contributed by atoms with Gasteiger partial charge in [-0.3, -0.25) is 4.79 Å². The molecule has 170 valence electrons. The molecule has 3 aromatic rings. The Bertz CT molecular complexity index is 1210. The van der Waals surface area contributed by atoms with Crippen LogP contribution in [0.2, 0.25) is 0 Å². The molecule has 1 unspecified atom stereocenters. The molecule has 1 aromatic heterocycles. The third-order valence-corrected chi connectivity index (χ3v) is 7.10. The van der Waals surface area contributed by atoms with Crippen molar-refractivity contribution in [2.24, 2.45) is 5.92 Å². The third kappa shape index (κ3) is 4.10. The Morgan fingerprint density at radius 3 is 2.45 bits per heavy atom. The van der Waals surface area contributed by atoms with E-state index in [2.05, 4.69) is 17.3 Å². The number of benzene rings is 2. The number of nitrogens with zero attached hydrogens (tertiary/aromatic N) is 2. The maximum absolute atomic E-state index is 13.5. The minimum atomic E-state index is -0.280. The van der Waals surface area contributed by atoms with E-state index in [1.165, 1.54) is 53.6 Å². The summed E-state index contributed by atoms with van der Waals surface area (Å²) in [6, 6.07) is 12.7. The Labute approximate surface area is 192 Å². The minimum absolute atomic E-state index is 0.0870. The summed E-state index contributed by atoms with van der Waals surface area (Å²) in [6.45, 7) is 3.75. The minimum Gasteiger partial charge on any atom is -0.350 e. The van der Waals surface area contributed by atoms with Crippen LogP contribution in [-0.4, -0.2) is 15.7 Å². The molecule has 0 fully saturated rings. The van der Waals surface area contributed by atoms with Crippen molar-refractivity contribution >= 4 is 5.91 Å². The molecular weight excluding hydrogens is 420 g/mol. The average molecular weight is 448 g/mol. The second-order valence-corrected chi connectivity index (χ2v) is 9.17. The number of hydrogen-bond acceptors (Lipinski definition) is 2. The van der Waals surface area contributed by atoms with Crippen LogP contribution in [0.5, 0.6) is 0 Å². The fraction of sp³-hybridized carbons (Fsp3) is 0.333. The molecule has 2 aromatic carbocycles. The van der Waals surface area contributed by atoms with Crippen LogP contribution >= 0.6 is 0 Å². The van der Waals surface area contributed by atoms with Crippen LogP contribution in [-0.2, 0) is 11.2 Å². The molecule has 6 heteroatoms. The summed E-state index contributed by atoms with van der Waals surface area (Å²) in [4.78, 5) is 11.9. The molecule has 1 N–H and O–H groups in total. The first-order valence-electron chi connectivity index (χ1n) is 11.5. The highest BCUT2D eigenvalue weighted by Gasteiger charge is 2.37. The van der Waals surface area contributed by atoms with Crippen LogP contribution in [0.1, 0.15) is 61.9 Å². The van der Waals surface area contributed by atoms with Crippen LogP contribution in [0, 0.1) is 17.6 Å². The molecule has 4 nitrogen and oxygen atoms in total. The highest BCUT2D eigenvalue weighted by molar-refractivity contribution is 5.73. The van der Waals surface area contributed by atoms with Gasteiger partial charge in [-0.2, -0.15) is 5.10 Å². The number of halogens is 2. The predicted octanol–water partition coefficient (Wildman–Crippen LogP) is 5.78. The standard InChI is InChI=1S/C27H27F2N3O/c1-16-24-15-30-32(23-11-9-22(29)10-12-23)26(24)14-20-4-3-19(27(16)20)13-25(31-17(2)33)18-5-7-21(28)8-6-18/h5-12,15-16,19,25H,3-4,13-14H2,1-2H3,(H,31,33)/t16-,19+,25?/m0/s1. The molecule has 2 aliphatic rings. The van der Waals surface area contributed by atoms with Gasteiger partial charge in [-0.05, 0) is 67.1 Å². The van der Waals surface area contributed by atoms with Gasteiger partial charge in [-0.1, -0.05) is 30.2 Å². The normalized spacial score (nSPS) is 20.4. The van der Waals surface area contributed by atoms with Crippen molar-refractivity contribution in [3.8, 4) is 5.69 Å². The summed E-state index contributed by atoms with van der Waals surface area (Å²) in [5.74, 6) is -0.0450. The third-order valence-electron chi connectivity index (χ3n) is 7.10. The number of nitrogens with one attached hydrogen (secondary N) is 1. The van der Waals surface area contributed by atoms with E-state index in [0.717, 1.165) is 36.9 Å². The maximum atomic E-state index is 13.5. The van der Waals surface area contributed by atoms with Crippen LogP contribution in [0.4, 0.5) is 8.78 Å². The van der Waals surface area contributed by atoms with E-state index in [-0.39, 0.29) is 29.5 Å². The maximum Gasteiger partial charge on any atom is 0.217 e. The highest BCUT2D eigenvalue weighted by atomic mass is 19.1. The number of amides is 1. The van der Waals surface area contributed by atoms with Crippen molar-refractivity contribution in [1.82, 2.24) is 15.1 Å². The smallest absolute Gasteiger partial charge is 0.217 e. The van der Waals surface area contributed by atoms with Crippen LogP contribution in [0.25, 0.3) is 5.69 Å². The Kier molecular flexibility index (Phi) is 5.60. The van der Waals surface area contributed by atoms with E-state index in [1.807, 2.05) is 10.9 Å². The van der Waals surface area contributed by atoms with Crippen LogP contribution in [0.15, 0.2) is 65.9 Å². The molecule has 0 saturated carbocycles. The van der Waals surface area contributed by atoms with Crippen LogP contribution < -0.4 is 5.32 Å². The van der Waals surface area contributed by atoms with Gasteiger partial charge in [-0.25, -0.2) is 13.5 Å². The quantitative estimate of drug-likeness (QED) is 0.504. The van der Waals surface area contributed by atoms with Gasteiger partial charge in [0.15, 0.2) is 0 Å². The number of hydrogen-bond donors (Lipinski definition) is 1. The van der Waals surface area contributed by atoms with Gasteiger partial charge in [0.1, 0.15) is 11.6 Å². The van der Waals surface area contributed by atoms with Crippen molar-refractivity contribution in [1.29, 1.82) is 0 Å². The lowest BCUT2D eigenvalue weighted by atomic mass is 9.78. The second kappa shape index (κ2) is 8.58. The first kappa shape index (κ1) is 21.6. The fourth-order valence-corrected chi connectivity index (χ4v) is 5.63. The van der Waals surface area contributed by atoms with E-state index in [9.17, 15) is 13.6 Å². The van der Waals surface area contributed by atoms with E-state index in [1.54, 1.807) is 24.3 Å². The van der Waals surface area contributed by atoms with Gasteiger partial charge >= 0.3 is 0 Å². The van der Waals surface area contributed by atoms with E-state index in [4.69, 9.17) is 0 Å². The van der Waals surface area contributed by atoms with Crippen molar-refractivity contribution in [2.45, 2.75) is 51.5 Å². The van der Waals surface area contributed by atoms with E-state index in [0.29, 0.717) is 5.92 Å². The number of allylic oxidation sites excluding steroid dienone is 2. The zero-order valence-electron chi connectivity index (χ0n) is 18.8. The van der Waals surface area contributed by atoms with E-state index < -0.39 is 0 Å². The number of fused-ring (bicyclic) bond motifs is 1. The Morgan fingerprint density at radius 1 is 1.12 bits per heavy atom. The van der Waals surface area contributed by atoms with Gasteiger partial charge in [0.05, 0.1) is 23.6 Å². The lowest BCUT2D eigenvalue weighted by Gasteiger charge is -2.29. The Hall–Kier alpha value is -3.28. The lowest BCUT2D eigenvalue weighted by molar-refractivity contribution is -0.119. The molecule has 1 amide bonds. The van der Waals surface area contributed by atoms with Gasteiger partial charge in [-0.15, -0.1) is 0 Å². The summed E-state index contributed by atoms with van der Waals surface area (Å²) in [5.41, 5.74) is 7.08. The highest BCUT2D eigenvalue weighted by Crippen LogP contribution is 2.49. The molecular formula is C27H27F2N3O. The van der Waals surface area contributed by atoms with Crippen molar-refractivity contribution in [3.05, 3.63) is 94.3 Å². The molecule has 0 aliphatic heterocycles. The lowest BCUT2D eigenvalue weighted by Crippen LogP contribution is -2.28. The second-order valence-electron chi connectivity index (χ2n) is 9.17. The Balaban J connectivity index is 1.42. The number of rotatable bonds is 5. The first-order chi connectivity index (χ1) is 15.9. The van der Waals surface area contributed by atoms with E-state index >= 15 is 0 Å². The molecule has 0 bridgehead atoms. The number of carbonyl (C=O) groups is 1. The van der Waals surface area contributed by atoms with Crippen molar-refractivity contribution in [2.75, 3.05) is 0 Å². The summed E-state index contributed by atoms with van der Waals surface area (Å²) in [5, 5.41) is 7.70. The molecule has 5 rings (SSSR count). The van der Waals surface area contributed by atoms with Gasteiger partial charge < -0.3 is 5.32 Å². The molecule has 0 saturated heterocycles. The summed E-state index contributed by atoms with van der Waals surface area (Å²) >= 11 is 0. The Morgan fingerprint density at radius 2 is 1.79 bits per heavy atom.